The molecule has 1 aliphatic rings. The number of hydrogen-bond acceptors (Lipinski definition) is 4. The second-order valence-corrected chi connectivity index (χ2v) is 8.04. The summed E-state index contributed by atoms with van der Waals surface area (Å²) in [6, 6.07) is 18.0. The number of rotatable bonds is 4. The number of carboxylic acid groups (broad SMARTS) is 1. The van der Waals surface area contributed by atoms with E-state index in [1.807, 2.05) is 67.7 Å². The summed E-state index contributed by atoms with van der Waals surface area (Å²) in [6.07, 6.45) is 1.83. The predicted molar refractivity (Wildman–Crippen MR) is 116 cm³/mol. The van der Waals surface area contributed by atoms with E-state index in [9.17, 15) is 9.59 Å². The van der Waals surface area contributed by atoms with Crippen LogP contribution in [0.15, 0.2) is 59.5 Å². The van der Waals surface area contributed by atoms with Crippen LogP contribution in [0.4, 0.5) is 0 Å². The van der Waals surface area contributed by atoms with E-state index in [1.54, 1.807) is 0 Å². The number of fused-ring (bicyclic) bond motifs is 1. The highest BCUT2D eigenvalue weighted by Gasteiger charge is 2.34. The first-order valence-corrected chi connectivity index (χ1v) is 9.80. The predicted octanol–water partition coefficient (Wildman–Crippen LogP) is 4.13. The van der Waals surface area contributed by atoms with Crippen molar-refractivity contribution in [2.45, 2.75) is 0 Å². The fraction of sp³-hybridized carbons (Fsp3) is 0.0952. The van der Waals surface area contributed by atoms with E-state index in [2.05, 4.69) is 4.57 Å². The third-order valence-corrected chi connectivity index (χ3v) is 6.01. The lowest BCUT2D eigenvalue weighted by Crippen LogP contribution is -2.33. The average Bonchev–Trinajstić information content (AvgIpc) is 3.11. The van der Waals surface area contributed by atoms with Crippen LogP contribution >= 0.6 is 24.0 Å². The zero-order chi connectivity index (χ0) is 19.8. The van der Waals surface area contributed by atoms with Gasteiger partial charge in [-0.2, -0.15) is 0 Å². The summed E-state index contributed by atoms with van der Waals surface area (Å²) in [5.41, 5.74) is 3.99. The van der Waals surface area contributed by atoms with Crippen LogP contribution in [0.1, 0.15) is 5.56 Å². The summed E-state index contributed by atoms with van der Waals surface area (Å²) in [5, 5.41) is 10.1. The van der Waals surface area contributed by atoms with Crippen molar-refractivity contribution in [3.63, 3.8) is 0 Å². The molecule has 1 N–H and O–H groups in total. The minimum atomic E-state index is -1.09. The van der Waals surface area contributed by atoms with Crippen LogP contribution in [0.3, 0.4) is 0 Å². The Labute approximate surface area is 171 Å². The van der Waals surface area contributed by atoms with Gasteiger partial charge >= 0.3 is 5.97 Å². The van der Waals surface area contributed by atoms with Crippen LogP contribution in [0.25, 0.3) is 28.2 Å². The highest BCUT2D eigenvalue weighted by Crippen LogP contribution is 2.38. The fourth-order valence-electron chi connectivity index (χ4n) is 3.42. The van der Waals surface area contributed by atoms with Crippen LogP contribution < -0.4 is 0 Å². The van der Waals surface area contributed by atoms with Gasteiger partial charge in [0.05, 0.1) is 10.6 Å². The number of carbonyl (C=O) groups excluding carboxylic acids is 1. The molecule has 3 aromatic rings. The fourth-order valence-corrected chi connectivity index (χ4v) is 4.65. The van der Waals surface area contributed by atoms with Gasteiger partial charge in [-0.1, -0.05) is 72.5 Å². The molecule has 2 aromatic carbocycles. The smallest absolute Gasteiger partial charge is 0.323 e. The lowest BCUT2D eigenvalue weighted by molar-refractivity contribution is -0.140. The lowest BCUT2D eigenvalue weighted by atomic mass is 10.0. The van der Waals surface area contributed by atoms with Crippen LogP contribution in [-0.4, -0.2) is 37.3 Å². The van der Waals surface area contributed by atoms with Gasteiger partial charge in [-0.3, -0.25) is 14.5 Å². The Morgan fingerprint density at radius 2 is 1.82 bits per heavy atom. The molecule has 0 aliphatic carbocycles. The Morgan fingerprint density at radius 3 is 2.54 bits per heavy atom. The Morgan fingerprint density at radius 1 is 1.14 bits per heavy atom. The molecule has 1 saturated heterocycles. The van der Waals surface area contributed by atoms with Crippen molar-refractivity contribution in [2.24, 2.45) is 7.05 Å². The molecule has 0 spiro atoms. The molecule has 1 amide bonds. The Hall–Kier alpha value is -2.90. The van der Waals surface area contributed by atoms with E-state index in [4.69, 9.17) is 17.3 Å². The van der Waals surface area contributed by atoms with Gasteiger partial charge in [-0.05, 0) is 17.7 Å². The monoisotopic (exact) mass is 408 g/mol. The van der Waals surface area contributed by atoms with E-state index in [-0.39, 0.29) is 10.2 Å². The minimum Gasteiger partial charge on any atom is -0.480 e. The SMILES string of the molecule is Cn1c(-c2ccccc2)c(/C=C2/SC(=S)N(CC(=O)O)C2=O)c2ccccc21. The number of benzene rings is 2. The van der Waals surface area contributed by atoms with Crippen LogP contribution in [0, 0.1) is 0 Å². The molecule has 0 radical (unpaired) electrons. The van der Waals surface area contributed by atoms with E-state index < -0.39 is 12.5 Å². The van der Waals surface area contributed by atoms with Gasteiger partial charge in [-0.15, -0.1) is 0 Å². The van der Waals surface area contributed by atoms with Gasteiger partial charge in [0, 0.05) is 23.5 Å². The zero-order valence-electron chi connectivity index (χ0n) is 15.0. The molecule has 0 bridgehead atoms. The summed E-state index contributed by atoms with van der Waals surface area (Å²) in [7, 11) is 2.00. The van der Waals surface area contributed by atoms with Crippen LogP contribution in [-0.2, 0) is 16.6 Å². The molecular formula is C21H16N2O3S2. The van der Waals surface area contributed by atoms with Crippen LogP contribution in [0.5, 0.6) is 0 Å². The average molecular weight is 409 g/mol. The highest BCUT2D eigenvalue weighted by atomic mass is 32.2. The molecule has 1 aromatic heterocycles. The number of amides is 1. The summed E-state index contributed by atoms with van der Waals surface area (Å²) >= 11 is 6.35. The number of aliphatic carboxylic acids is 1. The Bertz CT molecular complexity index is 1150. The van der Waals surface area contributed by atoms with Gasteiger partial charge in [0.25, 0.3) is 5.91 Å². The molecule has 140 valence electrons. The van der Waals surface area contributed by atoms with E-state index in [0.717, 1.165) is 44.4 Å². The second kappa shape index (κ2) is 7.26. The standard InChI is InChI=1S/C21H16N2O3S2/c1-22-16-10-6-5-9-14(16)15(19(22)13-7-3-2-4-8-13)11-17-20(26)23(12-18(24)25)21(27)28-17/h2-11H,12H2,1H3,(H,24,25)/b17-11+. The third-order valence-electron chi connectivity index (χ3n) is 4.64. The molecule has 1 aliphatic heterocycles. The molecule has 0 unspecified atom stereocenters. The quantitative estimate of drug-likeness (QED) is 0.519. The van der Waals surface area contributed by atoms with Gasteiger partial charge in [0.2, 0.25) is 0 Å². The first kappa shape index (κ1) is 18.5. The summed E-state index contributed by atoms with van der Waals surface area (Å²) in [6.45, 7) is -0.427. The number of carbonyl (C=O) groups is 2. The Balaban J connectivity index is 1.90. The number of para-hydroxylation sites is 1. The van der Waals surface area contributed by atoms with Gasteiger partial charge < -0.3 is 9.67 Å². The first-order chi connectivity index (χ1) is 13.5. The molecular weight excluding hydrogens is 392 g/mol. The molecule has 5 nitrogen and oxygen atoms in total. The molecule has 7 heteroatoms. The summed E-state index contributed by atoms with van der Waals surface area (Å²) in [4.78, 5) is 25.3. The van der Waals surface area contributed by atoms with E-state index in [0.29, 0.717) is 4.91 Å². The maximum atomic E-state index is 12.7. The van der Waals surface area contributed by atoms with Gasteiger partial charge in [-0.25, -0.2) is 0 Å². The van der Waals surface area contributed by atoms with Crippen molar-refractivity contribution >= 4 is 57.2 Å². The number of hydrogen-bond donors (Lipinski definition) is 1. The van der Waals surface area contributed by atoms with Crippen molar-refractivity contribution < 1.29 is 14.7 Å². The topological polar surface area (TPSA) is 62.5 Å². The minimum absolute atomic E-state index is 0.264. The third kappa shape index (κ3) is 3.12. The largest absolute Gasteiger partial charge is 0.480 e. The van der Waals surface area contributed by atoms with Gasteiger partial charge in [0.15, 0.2) is 0 Å². The lowest BCUT2D eigenvalue weighted by Gasteiger charge is -2.10. The maximum Gasteiger partial charge on any atom is 0.323 e. The summed E-state index contributed by atoms with van der Waals surface area (Å²) in [5.74, 6) is -1.46. The van der Waals surface area contributed by atoms with Crippen molar-refractivity contribution in [1.82, 2.24) is 9.47 Å². The number of thiocarbonyl (C=S) groups is 1. The van der Waals surface area contributed by atoms with Gasteiger partial charge in [0.1, 0.15) is 10.9 Å². The summed E-state index contributed by atoms with van der Waals surface area (Å²) < 4.78 is 2.37. The molecule has 2 heterocycles. The van der Waals surface area contributed by atoms with E-state index in [1.165, 1.54) is 0 Å². The highest BCUT2D eigenvalue weighted by molar-refractivity contribution is 8.26. The number of carboxylic acids is 1. The second-order valence-electron chi connectivity index (χ2n) is 6.37. The number of aromatic nitrogens is 1. The number of aryl methyl sites for hydroxylation is 1. The number of thioether (sulfide) groups is 1. The van der Waals surface area contributed by atoms with E-state index >= 15 is 0 Å². The van der Waals surface area contributed by atoms with Crippen molar-refractivity contribution in [1.29, 1.82) is 0 Å². The zero-order valence-corrected chi connectivity index (χ0v) is 16.6. The van der Waals surface area contributed by atoms with Crippen molar-refractivity contribution in [3.05, 3.63) is 65.1 Å². The molecule has 0 saturated carbocycles. The number of nitrogens with zero attached hydrogens (tertiary/aromatic N) is 2. The Kier molecular flexibility index (Phi) is 4.78. The molecule has 28 heavy (non-hydrogen) atoms. The molecule has 4 rings (SSSR count). The van der Waals surface area contributed by atoms with Crippen molar-refractivity contribution in [3.8, 4) is 11.3 Å². The maximum absolute atomic E-state index is 12.7. The van der Waals surface area contributed by atoms with Crippen LogP contribution in [0.2, 0.25) is 0 Å². The van der Waals surface area contributed by atoms with Crippen molar-refractivity contribution in [2.75, 3.05) is 6.54 Å². The molecule has 1 fully saturated rings. The first-order valence-electron chi connectivity index (χ1n) is 8.57. The molecule has 0 atom stereocenters. The normalized spacial score (nSPS) is 15.8.